The average Bonchev–Trinajstić information content (AvgIpc) is 2.71. The number of nitro groups is 1. The minimum absolute atomic E-state index is 0.0658. The van der Waals surface area contributed by atoms with Gasteiger partial charge >= 0.3 is 0 Å². The Morgan fingerprint density at radius 2 is 1.70 bits per heavy atom. The van der Waals surface area contributed by atoms with Crippen molar-refractivity contribution in [1.29, 1.82) is 0 Å². The Labute approximate surface area is 175 Å². The minimum atomic E-state index is -0.452. The zero-order valence-electron chi connectivity index (χ0n) is 17.5. The van der Waals surface area contributed by atoms with Crippen LogP contribution < -0.4 is 10.2 Å². The first-order valence-electron chi connectivity index (χ1n) is 9.89. The van der Waals surface area contributed by atoms with Gasteiger partial charge in [-0.1, -0.05) is 18.2 Å². The first-order valence-corrected chi connectivity index (χ1v) is 9.89. The van der Waals surface area contributed by atoms with E-state index >= 15 is 0 Å². The summed E-state index contributed by atoms with van der Waals surface area (Å²) < 4.78 is 0. The van der Waals surface area contributed by atoms with Crippen molar-refractivity contribution in [3.8, 4) is 0 Å². The fourth-order valence-corrected chi connectivity index (χ4v) is 3.70. The molecule has 158 valence electrons. The third-order valence-electron chi connectivity index (χ3n) is 5.40. The number of hydrogen-bond acceptors (Lipinski definition) is 6. The summed E-state index contributed by atoms with van der Waals surface area (Å²) >= 11 is 0. The number of Topliss-reactive ketones (excluding diaryl/α,β-unsaturated/α-hetero) is 1. The van der Waals surface area contributed by atoms with E-state index in [2.05, 4.69) is 5.32 Å². The van der Waals surface area contributed by atoms with Gasteiger partial charge in [0.1, 0.15) is 5.69 Å². The number of nitro benzene ring substituents is 1. The van der Waals surface area contributed by atoms with Gasteiger partial charge < -0.3 is 10.2 Å². The molecule has 1 aliphatic rings. The molecule has 0 radical (unpaired) electrons. The van der Waals surface area contributed by atoms with Crippen LogP contribution in [0.25, 0.3) is 0 Å². The van der Waals surface area contributed by atoms with E-state index in [-0.39, 0.29) is 23.9 Å². The third kappa shape index (κ3) is 4.83. The number of nitrogens with one attached hydrogen (secondary N) is 1. The molecule has 0 saturated carbocycles. The number of carbonyl (C=O) groups is 2. The van der Waals surface area contributed by atoms with Crippen molar-refractivity contribution in [3.63, 3.8) is 0 Å². The molecule has 3 rings (SSSR count). The van der Waals surface area contributed by atoms with Gasteiger partial charge in [0.25, 0.3) is 5.69 Å². The van der Waals surface area contributed by atoms with Gasteiger partial charge in [-0.2, -0.15) is 0 Å². The Balaban J connectivity index is 1.62. The van der Waals surface area contributed by atoms with Gasteiger partial charge in [0.15, 0.2) is 5.78 Å². The second-order valence-electron chi connectivity index (χ2n) is 7.59. The number of aryl methyl sites for hydroxylation is 2. The molecular weight excluding hydrogens is 384 g/mol. The van der Waals surface area contributed by atoms with Crippen LogP contribution in [0.2, 0.25) is 0 Å². The summed E-state index contributed by atoms with van der Waals surface area (Å²) in [5, 5.41) is 14.5. The van der Waals surface area contributed by atoms with Gasteiger partial charge in [0.05, 0.1) is 11.5 Å². The SMILES string of the molecule is CC(=O)c1ccc(N2CCN(CC(=O)Nc3c(C)cccc3C)CC2)c([N+](=O)[O-])c1. The monoisotopic (exact) mass is 410 g/mol. The molecule has 2 aromatic rings. The van der Waals surface area contributed by atoms with E-state index in [4.69, 9.17) is 0 Å². The quantitative estimate of drug-likeness (QED) is 0.446. The highest BCUT2D eigenvalue weighted by molar-refractivity contribution is 5.95. The highest BCUT2D eigenvalue weighted by atomic mass is 16.6. The van der Waals surface area contributed by atoms with Crippen molar-refractivity contribution in [1.82, 2.24) is 4.90 Å². The number of carbonyl (C=O) groups excluding carboxylic acids is 2. The Bertz CT molecular complexity index is 961. The zero-order valence-corrected chi connectivity index (χ0v) is 17.5. The molecule has 8 nitrogen and oxygen atoms in total. The normalized spacial score (nSPS) is 14.4. The number of anilines is 2. The number of rotatable bonds is 6. The van der Waals surface area contributed by atoms with Crippen molar-refractivity contribution in [2.45, 2.75) is 20.8 Å². The van der Waals surface area contributed by atoms with E-state index in [1.807, 2.05) is 41.8 Å². The molecule has 1 N–H and O–H groups in total. The predicted octanol–water partition coefficient (Wildman–Crippen LogP) is 3.17. The van der Waals surface area contributed by atoms with Crippen molar-refractivity contribution in [2.24, 2.45) is 0 Å². The lowest BCUT2D eigenvalue weighted by Crippen LogP contribution is -2.48. The Morgan fingerprint density at radius 3 is 2.27 bits per heavy atom. The minimum Gasteiger partial charge on any atom is -0.363 e. The summed E-state index contributed by atoms with van der Waals surface area (Å²) in [6.45, 7) is 7.96. The van der Waals surface area contributed by atoms with Crippen molar-refractivity contribution in [2.75, 3.05) is 42.9 Å². The number of benzene rings is 2. The second kappa shape index (κ2) is 9.04. The maximum atomic E-state index is 12.5. The van der Waals surface area contributed by atoms with E-state index in [1.165, 1.54) is 13.0 Å². The Kier molecular flexibility index (Phi) is 6.47. The van der Waals surface area contributed by atoms with Crippen LogP contribution in [0.4, 0.5) is 17.1 Å². The van der Waals surface area contributed by atoms with Crippen LogP contribution in [-0.4, -0.2) is 54.2 Å². The number of ketones is 1. The molecule has 8 heteroatoms. The number of nitrogens with zero attached hydrogens (tertiary/aromatic N) is 3. The summed E-state index contributed by atoms with van der Waals surface area (Å²) in [6.07, 6.45) is 0. The average molecular weight is 410 g/mol. The third-order valence-corrected chi connectivity index (χ3v) is 5.40. The predicted molar refractivity (Wildman–Crippen MR) is 116 cm³/mol. The maximum Gasteiger partial charge on any atom is 0.293 e. The molecule has 1 aliphatic heterocycles. The number of hydrogen-bond donors (Lipinski definition) is 1. The van der Waals surface area contributed by atoms with E-state index < -0.39 is 4.92 Å². The molecule has 30 heavy (non-hydrogen) atoms. The van der Waals surface area contributed by atoms with E-state index in [0.717, 1.165) is 16.8 Å². The highest BCUT2D eigenvalue weighted by Crippen LogP contribution is 2.30. The lowest BCUT2D eigenvalue weighted by atomic mass is 10.1. The topological polar surface area (TPSA) is 95.8 Å². The van der Waals surface area contributed by atoms with Gasteiger partial charge in [-0.25, -0.2) is 0 Å². The molecule has 2 aromatic carbocycles. The van der Waals surface area contributed by atoms with Crippen LogP contribution in [0.15, 0.2) is 36.4 Å². The van der Waals surface area contributed by atoms with Crippen LogP contribution in [0, 0.1) is 24.0 Å². The zero-order chi connectivity index (χ0) is 21.8. The summed E-state index contributed by atoms with van der Waals surface area (Å²) in [7, 11) is 0. The first-order chi connectivity index (χ1) is 14.3. The van der Waals surface area contributed by atoms with Crippen molar-refractivity contribution in [3.05, 3.63) is 63.2 Å². The molecule has 0 unspecified atom stereocenters. The molecule has 0 aliphatic carbocycles. The van der Waals surface area contributed by atoms with Crippen LogP contribution >= 0.6 is 0 Å². The fourth-order valence-electron chi connectivity index (χ4n) is 3.70. The van der Waals surface area contributed by atoms with E-state index in [1.54, 1.807) is 12.1 Å². The van der Waals surface area contributed by atoms with Crippen molar-refractivity contribution < 1.29 is 14.5 Å². The number of para-hydroxylation sites is 1. The van der Waals surface area contributed by atoms with Crippen LogP contribution in [-0.2, 0) is 4.79 Å². The highest BCUT2D eigenvalue weighted by Gasteiger charge is 2.25. The summed E-state index contributed by atoms with van der Waals surface area (Å²) in [5.74, 6) is -0.276. The summed E-state index contributed by atoms with van der Waals surface area (Å²) in [4.78, 5) is 39.0. The lowest BCUT2D eigenvalue weighted by Gasteiger charge is -2.35. The second-order valence-corrected chi connectivity index (χ2v) is 7.59. The molecule has 1 amide bonds. The molecular formula is C22H26N4O4. The largest absolute Gasteiger partial charge is 0.363 e. The van der Waals surface area contributed by atoms with Crippen LogP contribution in [0.5, 0.6) is 0 Å². The summed E-state index contributed by atoms with van der Waals surface area (Å²) in [6, 6.07) is 10.5. The smallest absolute Gasteiger partial charge is 0.293 e. The standard InChI is InChI=1S/C22H26N4O4/c1-15-5-4-6-16(2)22(15)23-21(28)14-24-9-11-25(12-10-24)19-8-7-18(17(3)27)13-20(19)26(29)30/h4-8,13H,9-12,14H2,1-3H3,(H,23,28). The van der Waals surface area contributed by atoms with Gasteiger partial charge in [0.2, 0.25) is 5.91 Å². The number of piperazine rings is 1. The van der Waals surface area contributed by atoms with E-state index in [9.17, 15) is 19.7 Å². The molecule has 1 fully saturated rings. The van der Waals surface area contributed by atoms with Gasteiger partial charge in [0, 0.05) is 43.5 Å². The van der Waals surface area contributed by atoms with Crippen molar-refractivity contribution >= 4 is 28.8 Å². The molecule has 1 saturated heterocycles. The molecule has 1 heterocycles. The molecule has 0 spiro atoms. The van der Waals surface area contributed by atoms with Gasteiger partial charge in [-0.3, -0.25) is 24.6 Å². The summed E-state index contributed by atoms with van der Waals surface area (Å²) in [5.41, 5.74) is 3.66. The number of amides is 1. The van der Waals surface area contributed by atoms with Gasteiger partial charge in [-0.15, -0.1) is 0 Å². The Hall–Kier alpha value is -3.26. The molecule has 0 aromatic heterocycles. The van der Waals surface area contributed by atoms with Gasteiger partial charge in [-0.05, 0) is 44.0 Å². The van der Waals surface area contributed by atoms with E-state index in [0.29, 0.717) is 37.4 Å². The fraction of sp³-hybridized carbons (Fsp3) is 0.364. The maximum absolute atomic E-state index is 12.5. The van der Waals surface area contributed by atoms with Crippen LogP contribution in [0.3, 0.4) is 0 Å². The lowest BCUT2D eigenvalue weighted by molar-refractivity contribution is -0.384. The Morgan fingerprint density at radius 1 is 1.07 bits per heavy atom. The van der Waals surface area contributed by atoms with Crippen LogP contribution in [0.1, 0.15) is 28.4 Å². The first kappa shape index (κ1) is 21.4. The molecule has 0 bridgehead atoms. The molecule has 0 atom stereocenters.